The van der Waals surface area contributed by atoms with Gasteiger partial charge in [-0.25, -0.2) is 9.97 Å². The van der Waals surface area contributed by atoms with Crippen LogP contribution in [0.5, 0.6) is 5.75 Å². The minimum atomic E-state index is -0.517. The third-order valence-corrected chi connectivity index (χ3v) is 6.53. The van der Waals surface area contributed by atoms with E-state index < -0.39 is 6.61 Å². The van der Waals surface area contributed by atoms with Crippen LogP contribution < -0.4 is 10.1 Å². The average Bonchev–Trinajstić information content (AvgIpc) is 3.37. The molecule has 10 nitrogen and oxygen atoms in total. The quantitative estimate of drug-likeness (QED) is 0.424. The number of hydrogen-bond acceptors (Lipinski definition) is 9. The second-order valence-electron chi connectivity index (χ2n) is 9.28. The van der Waals surface area contributed by atoms with E-state index in [0.29, 0.717) is 55.6 Å². The number of nitrogens with one attached hydrogen (secondary N) is 1. The van der Waals surface area contributed by atoms with Crippen LogP contribution in [0.15, 0.2) is 54.7 Å². The molecule has 0 saturated carbocycles. The average molecular weight is 501 g/mol. The molecule has 10 heteroatoms. The number of carbonyl (C=O) groups is 1. The Labute approximate surface area is 214 Å². The van der Waals surface area contributed by atoms with Crippen molar-refractivity contribution in [3.63, 3.8) is 0 Å². The van der Waals surface area contributed by atoms with E-state index in [2.05, 4.69) is 26.3 Å². The van der Waals surface area contributed by atoms with Gasteiger partial charge in [-0.05, 0) is 42.0 Å². The Morgan fingerprint density at radius 1 is 1.16 bits per heavy atom. The first kappa shape index (κ1) is 24.6. The number of rotatable bonds is 8. The zero-order chi connectivity index (χ0) is 25.8. The Morgan fingerprint density at radius 2 is 1.97 bits per heavy atom. The first-order valence-corrected chi connectivity index (χ1v) is 12.2. The van der Waals surface area contributed by atoms with Gasteiger partial charge in [-0.3, -0.25) is 9.69 Å². The molecule has 1 amide bonds. The zero-order valence-electron chi connectivity index (χ0n) is 20.2. The van der Waals surface area contributed by atoms with Crippen LogP contribution >= 0.6 is 0 Å². The van der Waals surface area contributed by atoms with Gasteiger partial charge >= 0.3 is 0 Å². The minimum Gasteiger partial charge on any atom is -0.487 e. The van der Waals surface area contributed by atoms with Gasteiger partial charge in [0.25, 0.3) is 0 Å². The molecule has 1 aromatic heterocycles. The molecule has 0 spiro atoms. The molecule has 5 rings (SSSR count). The molecule has 0 bridgehead atoms. The number of aliphatic hydroxyl groups is 2. The van der Waals surface area contributed by atoms with Gasteiger partial charge in [-0.1, -0.05) is 12.1 Å². The van der Waals surface area contributed by atoms with E-state index >= 15 is 0 Å². The smallest absolute Gasteiger partial charge is 0.248 e. The fraction of sp³-hybridized carbons (Fsp3) is 0.333. The largest absolute Gasteiger partial charge is 0.487 e. The monoisotopic (exact) mass is 500 g/mol. The summed E-state index contributed by atoms with van der Waals surface area (Å²) < 4.78 is 6.01. The SMILES string of the molecule is N#Cc1cc(-c2ccnc(Nc3ccc(CN4CC(O)C4)cc3)n2)ccc1OC1CCN(C(=O)CO)C1. The lowest BCUT2D eigenvalue weighted by atomic mass is 10.1. The molecule has 2 aromatic carbocycles. The maximum atomic E-state index is 11.7. The lowest BCUT2D eigenvalue weighted by Gasteiger charge is -2.35. The van der Waals surface area contributed by atoms with E-state index in [0.717, 1.165) is 17.8 Å². The number of aromatic nitrogens is 2. The minimum absolute atomic E-state index is 0.207. The number of nitrogens with zero attached hydrogens (tertiary/aromatic N) is 5. The summed E-state index contributed by atoms with van der Waals surface area (Å²) in [6.07, 6.45) is 1.87. The van der Waals surface area contributed by atoms with Crippen molar-refractivity contribution < 1.29 is 19.7 Å². The molecule has 1 atom stereocenters. The Kier molecular flexibility index (Phi) is 7.28. The number of β-amino-alcohol motifs (C(OH)–C–C–N with tert-alkyl or cyclic N) is 1. The highest BCUT2D eigenvalue weighted by atomic mass is 16.5. The Hall–Kier alpha value is -4.04. The van der Waals surface area contributed by atoms with Gasteiger partial charge in [0.1, 0.15) is 24.5 Å². The van der Waals surface area contributed by atoms with Crippen molar-refractivity contribution in [2.75, 3.05) is 38.1 Å². The van der Waals surface area contributed by atoms with E-state index in [-0.39, 0.29) is 18.1 Å². The predicted octanol–water partition coefficient (Wildman–Crippen LogP) is 1.91. The topological polar surface area (TPSA) is 135 Å². The van der Waals surface area contributed by atoms with Gasteiger partial charge < -0.3 is 25.2 Å². The fourth-order valence-electron chi connectivity index (χ4n) is 4.54. The van der Waals surface area contributed by atoms with Crippen molar-refractivity contribution in [3.8, 4) is 23.1 Å². The Morgan fingerprint density at radius 3 is 2.70 bits per heavy atom. The van der Waals surface area contributed by atoms with Crippen LogP contribution in [0.2, 0.25) is 0 Å². The lowest BCUT2D eigenvalue weighted by Crippen LogP contribution is -2.49. The van der Waals surface area contributed by atoms with Crippen LogP contribution in [0.25, 0.3) is 11.3 Å². The summed E-state index contributed by atoms with van der Waals surface area (Å²) in [7, 11) is 0. The van der Waals surface area contributed by atoms with Gasteiger partial charge in [0.15, 0.2) is 0 Å². The number of likely N-dealkylation sites (tertiary alicyclic amines) is 2. The number of amides is 1. The second kappa shape index (κ2) is 10.9. The van der Waals surface area contributed by atoms with E-state index in [9.17, 15) is 15.2 Å². The number of carbonyl (C=O) groups excluding carboxylic acids is 1. The van der Waals surface area contributed by atoms with Crippen molar-refractivity contribution in [2.24, 2.45) is 0 Å². The van der Waals surface area contributed by atoms with Gasteiger partial charge in [0.2, 0.25) is 11.9 Å². The number of nitriles is 1. The van der Waals surface area contributed by atoms with Crippen LogP contribution in [0.4, 0.5) is 11.6 Å². The van der Waals surface area contributed by atoms with Crippen LogP contribution in [0.3, 0.4) is 0 Å². The number of anilines is 2. The molecule has 3 aromatic rings. The van der Waals surface area contributed by atoms with Crippen molar-refractivity contribution >= 4 is 17.5 Å². The first-order valence-electron chi connectivity index (χ1n) is 12.2. The van der Waals surface area contributed by atoms with Crippen LogP contribution in [-0.2, 0) is 11.3 Å². The number of benzene rings is 2. The third-order valence-electron chi connectivity index (χ3n) is 6.53. The molecule has 2 fully saturated rings. The standard InChI is InChI=1S/C27H28N6O4/c28-12-20-11-19(3-6-25(20)37-23-8-10-33(16-23)26(36)17-34)24-7-9-29-27(31-24)30-21-4-1-18(2-5-21)13-32-14-22(35)15-32/h1-7,9,11,22-23,34-35H,8,10,13-17H2,(H,29,30,31). The molecule has 0 aliphatic carbocycles. The molecule has 190 valence electrons. The summed E-state index contributed by atoms with van der Waals surface area (Å²) in [4.78, 5) is 24.4. The predicted molar refractivity (Wildman–Crippen MR) is 136 cm³/mol. The van der Waals surface area contributed by atoms with Crippen molar-refractivity contribution in [1.82, 2.24) is 19.8 Å². The third kappa shape index (κ3) is 5.86. The van der Waals surface area contributed by atoms with Gasteiger partial charge in [-0.2, -0.15) is 5.26 Å². The highest BCUT2D eigenvalue weighted by Crippen LogP contribution is 2.28. The maximum absolute atomic E-state index is 11.7. The van der Waals surface area contributed by atoms with Crippen LogP contribution in [-0.4, -0.2) is 80.9 Å². The van der Waals surface area contributed by atoms with E-state index in [4.69, 9.17) is 9.84 Å². The number of hydrogen-bond donors (Lipinski definition) is 3. The molecule has 2 aliphatic rings. The first-order chi connectivity index (χ1) is 18.0. The Bertz CT molecular complexity index is 1300. The fourth-order valence-corrected chi connectivity index (χ4v) is 4.54. The molecular weight excluding hydrogens is 472 g/mol. The van der Waals surface area contributed by atoms with Gasteiger partial charge in [0, 0.05) is 50.0 Å². The molecule has 1 unspecified atom stereocenters. The Balaban J connectivity index is 1.24. The molecule has 2 saturated heterocycles. The lowest BCUT2D eigenvalue weighted by molar-refractivity contribution is -0.133. The van der Waals surface area contributed by atoms with Crippen LogP contribution in [0.1, 0.15) is 17.5 Å². The summed E-state index contributed by atoms with van der Waals surface area (Å²) in [5, 5.41) is 31.4. The second-order valence-corrected chi connectivity index (χ2v) is 9.28. The molecule has 3 N–H and O–H groups in total. The summed E-state index contributed by atoms with van der Waals surface area (Å²) in [5.41, 5.74) is 3.82. The highest BCUT2D eigenvalue weighted by Gasteiger charge is 2.28. The molecular formula is C27H28N6O4. The number of aliphatic hydroxyl groups excluding tert-OH is 2. The van der Waals surface area contributed by atoms with E-state index in [1.807, 2.05) is 30.3 Å². The summed E-state index contributed by atoms with van der Waals surface area (Å²) in [6, 6.07) is 17.3. The maximum Gasteiger partial charge on any atom is 0.248 e. The normalized spacial score (nSPS) is 17.8. The van der Waals surface area contributed by atoms with E-state index in [1.54, 1.807) is 29.3 Å². The summed E-state index contributed by atoms with van der Waals surface area (Å²) in [6.45, 7) is 2.63. The van der Waals surface area contributed by atoms with Crippen molar-refractivity contribution in [3.05, 3.63) is 65.9 Å². The van der Waals surface area contributed by atoms with E-state index in [1.165, 1.54) is 5.56 Å². The van der Waals surface area contributed by atoms with Gasteiger partial charge in [0.05, 0.1) is 23.9 Å². The van der Waals surface area contributed by atoms with Crippen LogP contribution in [0, 0.1) is 11.3 Å². The van der Waals surface area contributed by atoms with Crippen molar-refractivity contribution in [2.45, 2.75) is 25.2 Å². The molecule has 3 heterocycles. The molecule has 0 radical (unpaired) electrons. The van der Waals surface area contributed by atoms with Gasteiger partial charge in [-0.15, -0.1) is 0 Å². The molecule has 37 heavy (non-hydrogen) atoms. The molecule has 2 aliphatic heterocycles. The summed E-state index contributed by atoms with van der Waals surface area (Å²) >= 11 is 0. The highest BCUT2D eigenvalue weighted by molar-refractivity contribution is 5.77. The summed E-state index contributed by atoms with van der Waals surface area (Å²) in [5.74, 6) is 0.572. The zero-order valence-corrected chi connectivity index (χ0v) is 20.2. The van der Waals surface area contributed by atoms with Crippen molar-refractivity contribution in [1.29, 1.82) is 5.26 Å². The number of ether oxygens (including phenoxy) is 1.